The molecule has 0 aliphatic carbocycles. The molecule has 1 aromatic carbocycles. The Kier molecular flexibility index (Phi) is 3.77. The van der Waals surface area contributed by atoms with Crippen molar-refractivity contribution in [2.45, 2.75) is 20.8 Å². The minimum atomic E-state index is -0.111. The van der Waals surface area contributed by atoms with Gasteiger partial charge in [0.05, 0.1) is 4.88 Å². The lowest BCUT2D eigenvalue weighted by Crippen LogP contribution is -2.11. The summed E-state index contributed by atoms with van der Waals surface area (Å²) < 4.78 is 5.17. The number of hydrogen-bond donors (Lipinski definition) is 1. The summed E-state index contributed by atoms with van der Waals surface area (Å²) >= 11 is 1.47. The first-order valence-electron chi connectivity index (χ1n) is 6.82. The zero-order chi connectivity index (χ0) is 15.7. The minimum absolute atomic E-state index is 0.111. The molecule has 0 saturated carbocycles. The lowest BCUT2D eigenvalue weighted by molar-refractivity contribution is 0.103. The van der Waals surface area contributed by atoms with Crippen molar-refractivity contribution in [1.29, 1.82) is 0 Å². The number of aromatic nitrogens is 2. The Morgan fingerprint density at radius 3 is 2.64 bits per heavy atom. The normalized spacial score (nSPS) is 10.7. The molecule has 1 amide bonds. The topological polar surface area (TPSA) is 68.0 Å². The lowest BCUT2D eigenvalue weighted by atomic mass is 10.1. The van der Waals surface area contributed by atoms with Crippen molar-refractivity contribution in [3.05, 3.63) is 51.5 Å². The summed E-state index contributed by atoms with van der Waals surface area (Å²) in [4.78, 5) is 18.3. The van der Waals surface area contributed by atoms with Crippen LogP contribution in [0.4, 0.5) is 5.69 Å². The first-order valence-corrected chi connectivity index (χ1v) is 7.64. The molecule has 0 bridgehead atoms. The maximum atomic E-state index is 12.3. The van der Waals surface area contributed by atoms with Gasteiger partial charge in [-0.1, -0.05) is 11.2 Å². The standard InChI is InChI=1S/C16H15N3O2S/c1-9-4-6-12(16-17-11(3)19-21-16)8-13(9)18-15(20)14-7-5-10(2)22-14/h4-8H,1-3H3,(H,18,20). The molecule has 3 aromatic rings. The van der Waals surface area contributed by atoms with Gasteiger partial charge in [0.2, 0.25) is 0 Å². The molecule has 22 heavy (non-hydrogen) atoms. The van der Waals surface area contributed by atoms with E-state index in [0.717, 1.165) is 21.7 Å². The molecule has 0 saturated heterocycles. The molecule has 2 heterocycles. The van der Waals surface area contributed by atoms with E-state index in [4.69, 9.17) is 4.52 Å². The molecule has 0 aliphatic heterocycles. The van der Waals surface area contributed by atoms with Gasteiger partial charge in [0, 0.05) is 16.1 Å². The highest BCUT2D eigenvalue weighted by molar-refractivity contribution is 7.14. The molecule has 112 valence electrons. The number of aryl methyl sites for hydroxylation is 3. The van der Waals surface area contributed by atoms with E-state index >= 15 is 0 Å². The predicted octanol–water partition coefficient (Wildman–Crippen LogP) is 3.98. The summed E-state index contributed by atoms with van der Waals surface area (Å²) in [6.45, 7) is 5.69. The number of nitrogens with one attached hydrogen (secondary N) is 1. The van der Waals surface area contributed by atoms with Crippen LogP contribution < -0.4 is 5.32 Å². The summed E-state index contributed by atoms with van der Waals surface area (Å²) in [5.74, 6) is 0.912. The van der Waals surface area contributed by atoms with Crippen LogP contribution in [0.3, 0.4) is 0 Å². The Labute approximate surface area is 132 Å². The zero-order valence-electron chi connectivity index (χ0n) is 12.5. The molecule has 0 fully saturated rings. The number of anilines is 1. The van der Waals surface area contributed by atoms with E-state index in [1.807, 2.05) is 44.2 Å². The van der Waals surface area contributed by atoms with Gasteiger partial charge in [0.15, 0.2) is 5.82 Å². The van der Waals surface area contributed by atoms with Gasteiger partial charge in [-0.25, -0.2) is 0 Å². The molecule has 0 radical (unpaired) electrons. The van der Waals surface area contributed by atoms with Crippen molar-refractivity contribution in [3.8, 4) is 11.5 Å². The van der Waals surface area contributed by atoms with Crippen LogP contribution in [0.2, 0.25) is 0 Å². The largest absolute Gasteiger partial charge is 0.334 e. The summed E-state index contributed by atoms with van der Waals surface area (Å²) in [5, 5.41) is 6.72. The van der Waals surface area contributed by atoms with Crippen LogP contribution in [0.15, 0.2) is 34.9 Å². The number of nitrogens with zero attached hydrogens (tertiary/aromatic N) is 2. The molecule has 3 rings (SSSR count). The summed E-state index contributed by atoms with van der Waals surface area (Å²) in [7, 11) is 0. The van der Waals surface area contributed by atoms with Crippen LogP contribution in [0.5, 0.6) is 0 Å². The lowest BCUT2D eigenvalue weighted by Gasteiger charge is -2.08. The third-order valence-electron chi connectivity index (χ3n) is 3.22. The van der Waals surface area contributed by atoms with Crippen molar-refractivity contribution in [1.82, 2.24) is 10.1 Å². The van der Waals surface area contributed by atoms with Crippen LogP contribution in [0.25, 0.3) is 11.5 Å². The van der Waals surface area contributed by atoms with E-state index in [-0.39, 0.29) is 5.91 Å². The smallest absolute Gasteiger partial charge is 0.265 e. The molecular formula is C16H15N3O2S. The molecule has 0 atom stereocenters. The van der Waals surface area contributed by atoms with E-state index in [1.165, 1.54) is 11.3 Å². The van der Waals surface area contributed by atoms with E-state index in [2.05, 4.69) is 15.5 Å². The summed E-state index contributed by atoms with van der Waals surface area (Å²) in [6, 6.07) is 9.43. The number of carbonyl (C=O) groups excluding carboxylic acids is 1. The second-order valence-corrected chi connectivity index (χ2v) is 6.33. The fraction of sp³-hybridized carbons (Fsp3) is 0.188. The van der Waals surface area contributed by atoms with Crippen molar-refractivity contribution < 1.29 is 9.32 Å². The van der Waals surface area contributed by atoms with Gasteiger partial charge < -0.3 is 9.84 Å². The second-order valence-electron chi connectivity index (χ2n) is 5.04. The molecule has 0 spiro atoms. The maximum Gasteiger partial charge on any atom is 0.265 e. The Morgan fingerprint density at radius 2 is 2.00 bits per heavy atom. The molecule has 2 aromatic heterocycles. The van der Waals surface area contributed by atoms with Gasteiger partial charge in [-0.2, -0.15) is 4.98 Å². The van der Waals surface area contributed by atoms with E-state index in [9.17, 15) is 4.79 Å². The van der Waals surface area contributed by atoms with Crippen molar-refractivity contribution in [2.24, 2.45) is 0 Å². The predicted molar refractivity (Wildman–Crippen MR) is 86.2 cm³/mol. The first kappa shape index (κ1) is 14.5. The minimum Gasteiger partial charge on any atom is -0.334 e. The van der Waals surface area contributed by atoms with E-state index in [0.29, 0.717) is 16.6 Å². The molecular weight excluding hydrogens is 298 g/mol. The summed E-state index contributed by atoms with van der Waals surface area (Å²) in [5.41, 5.74) is 2.50. The maximum absolute atomic E-state index is 12.3. The van der Waals surface area contributed by atoms with Crippen LogP contribution in [0, 0.1) is 20.8 Å². The summed E-state index contributed by atoms with van der Waals surface area (Å²) in [6.07, 6.45) is 0. The molecule has 5 nitrogen and oxygen atoms in total. The van der Waals surface area contributed by atoms with Crippen molar-refractivity contribution >= 4 is 22.9 Å². The van der Waals surface area contributed by atoms with Gasteiger partial charge in [0.25, 0.3) is 11.8 Å². The van der Waals surface area contributed by atoms with Gasteiger partial charge in [-0.05, 0) is 50.6 Å². The average molecular weight is 313 g/mol. The van der Waals surface area contributed by atoms with Gasteiger partial charge >= 0.3 is 0 Å². The molecule has 1 N–H and O–H groups in total. The SMILES string of the molecule is Cc1noc(-c2ccc(C)c(NC(=O)c3ccc(C)s3)c2)n1. The fourth-order valence-electron chi connectivity index (χ4n) is 2.04. The van der Waals surface area contributed by atoms with E-state index < -0.39 is 0 Å². The van der Waals surface area contributed by atoms with Gasteiger partial charge in [-0.3, -0.25) is 4.79 Å². The molecule has 6 heteroatoms. The first-order chi connectivity index (χ1) is 10.5. The monoisotopic (exact) mass is 313 g/mol. The number of thiophene rings is 1. The molecule has 0 unspecified atom stereocenters. The van der Waals surface area contributed by atoms with Gasteiger partial charge in [0.1, 0.15) is 0 Å². The van der Waals surface area contributed by atoms with Crippen molar-refractivity contribution in [3.63, 3.8) is 0 Å². The van der Waals surface area contributed by atoms with Crippen LogP contribution in [-0.4, -0.2) is 16.0 Å². The highest BCUT2D eigenvalue weighted by atomic mass is 32.1. The van der Waals surface area contributed by atoms with Crippen molar-refractivity contribution in [2.75, 3.05) is 5.32 Å². The van der Waals surface area contributed by atoms with Gasteiger partial charge in [-0.15, -0.1) is 11.3 Å². The number of benzene rings is 1. The zero-order valence-corrected chi connectivity index (χ0v) is 13.3. The number of rotatable bonds is 3. The average Bonchev–Trinajstić information content (AvgIpc) is 3.10. The highest BCUT2D eigenvalue weighted by Gasteiger charge is 2.12. The van der Waals surface area contributed by atoms with E-state index in [1.54, 1.807) is 6.92 Å². The number of amides is 1. The third-order valence-corrected chi connectivity index (χ3v) is 4.22. The number of hydrogen-bond acceptors (Lipinski definition) is 5. The Morgan fingerprint density at radius 1 is 1.18 bits per heavy atom. The molecule has 0 aliphatic rings. The highest BCUT2D eigenvalue weighted by Crippen LogP contribution is 2.25. The van der Waals surface area contributed by atoms with Crippen LogP contribution >= 0.6 is 11.3 Å². The Bertz CT molecular complexity index is 836. The fourth-order valence-corrected chi connectivity index (χ4v) is 2.81. The Balaban J connectivity index is 1.88. The van der Waals surface area contributed by atoms with Crippen LogP contribution in [-0.2, 0) is 0 Å². The Hall–Kier alpha value is -2.47. The number of carbonyl (C=O) groups is 1. The van der Waals surface area contributed by atoms with Crippen LogP contribution in [0.1, 0.15) is 25.9 Å². The quantitative estimate of drug-likeness (QED) is 0.794. The second kappa shape index (κ2) is 5.73. The third kappa shape index (κ3) is 2.92.